The normalized spacial score (nSPS) is 11.7. The number of carbonyl (C=O) groups is 1. The molecule has 1 amide bonds. The number of ether oxygens (including phenoxy) is 4. The van der Waals surface area contributed by atoms with E-state index in [1.807, 2.05) is 18.2 Å². The minimum absolute atomic E-state index is 0.226. The van der Waals surface area contributed by atoms with Crippen molar-refractivity contribution in [1.29, 1.82) is 0 Å². The average Bonchev–Trinajstić information content (AvgIpc) is 3.22. The van der Waals surface area contributed by atoms with Crippen LogP contribution in [0.25, 0.3) is 0 Å². The van der Waals surface area contributed by atoms with Gasteiger partial charge in [-0.3, -0.25) is 4.79 Å². The molecule has 0 saturated heterocycles. The van der Waals surface area contributed by atoms with Crippen LogP contribution in [0.4, 0.5) is 17.1 Å². The number of anilines is 3. The van der Waals surface area contributed by atoms with E-state index in [0.29, 0.717) is 22.9 Å². The van der Waals surface area contributed by atoms with Crippen LogP contribution in [0.3, 0.4) is 0 Å². The average molecular weight is 393 g/mol. The Morgan fingerprint density at radius 2 is 1.66 bits per heavy atom. The standard InChI is InChI=1S/C21H19N3O5/c1-26-17-7-4-14(9-19(17)27-2)24-21(25)16-6-3-15(11-22-16)23-13-5-8-18-20(10-13)29-12-28-18/h3-11,23H,12H2,1-2H3,(H,24,25). The van der Waals surface area contributed by atoms with Gasteiger partial charge in [0.25, 0.3) is 5.91 Å². The van der Waals surface area contributed by atoms with Gasteiger partial charge in [0.15, 0.2) is 23.0 Å². The molecule has 0 atom stereocenters. The lowest BCUT2D eigenvalue weighted by Crippen LogP contribution is -2.13. The van der Waals surface area contributed by atoms with Crippen LogP contribution in [0.1, 0.15) is 10.5 Å². The molecule has 2 heterocycles. The van der Waals surface area contributed by atoms with Crippen molar-refractivity contribution in [1.82, 2.24) is 4.98 Å². The zero-order valence-electron chi connectivity index (χ0n) is 15.9. The number of benzene rings is 2. The zero-order valence-corrected chi connectivity index (χ0v) is 15.9. The number of nitrogens with one attached hydrogen (secondary N) is 2. The molecular weight excluding hydrogens is 374 g/mol. The molecule has 148 valence electrons. The van der Waals surface area contributed by atoms with Crippen LogP contribution in [0.15, 0.2) is 54.7 Å². The van der Waals surface area contributed by atoms with Crippen LogP contribution in [-0.4, -0.2) is 31.9 Å². The molecule has 8 nitrogen and oxygen atoms in total. The van der Waals surface area contributed by atoms with Gasteiger partial charge in [-0.2, -0.15) is 0 Å². The van der Waals surface area contributed by atoms with Crippen LogP contribution in [0.5, 0.6) is 23.0 Å². The molecule has 1 aliphatic rings. The third-order valence-electron chi connectivity index (χ3n) is 4.30. The monoisotopic (exact) mass is 393 g/mol. The first kappa shape index (κ1) is 18.4. The molecule has 1 aromatic heterocycles. The lowest BCUT2D eigenvalue weighted by atomic mass is 10.2. The summed E-state index contributed by atoms with van der Waals surface area (Å²) in [4.78, 5) is 16.7. The first-order valence-corrected chi connectivity index (χ1v) is 8.82. The summed E-state index contributed by atoms with van der Waals surface area (Å²) in [5, 5.41) is 6.01. The maximum atomic E-state index is 12.5. The van der Waals surface area contributed by atoms with Gasteiger partial charge in [-0.25, -0.2) is 4.98 Å². The Hall–Kier alpha value is -3.94. The molecule has 2 N–H and O–H groups in total. The molecule has 0 radical (unpaired) electrons. The number of nitrogens with zero attached hydrogens (tertiary/aromatic N) is 1. The molecule has 2 aromatic carbocycles. The summed E-state index contributed by atoms with van der Waals surface area (Å²) in [6, 6.07) is 14.1. The molecule has 4 rings (SSSR count). The largest absolute Gasteiger partial charge is 0.493 e. The number of aromatic nitrogens is 1. The van der Waals surface area contributed by atoms with Gasteiger partial charge in [0, 0.05) is 23.5 Å². The number of hydrogen-bond donors (Lipinski definition) is 2. The van der Waals surface area contributed by atoms with E-state index in [-0.39, 0.29) is 18.4 Å². The summed E-state index contributed by atoms with van der Waals surface area (Å²) in [6.45, 7) is 0.226. The third kappa shape index (κ3) is 4.01. The molecule has 0 saturated carbocycles. The quantitative estimate of drug-likeness (QED) is 0.658. The lowest BCUT2D eigenvalue weighted by Gasteiger charge is -2.11. The summed E-state index contributed by atoms with van der Waals surface area (Å²) in [6.07, 6.45) is 1.59. The van der Waals surface area contributed by atoms with Crippen molar-refractivity contribution in [3.63, 3.8) is 0 Å². The Kier molecular flexibility index (Phi) is 5.07. The molecule has 1 aliphatic heterocycles. The van der Waals surface area contributed by atoms with Crippen LogP contribution in [0, 0.1) is 0 Å². The predicted molar refractivity (Wildman–Crippen MR) is 108 cm³/mol. The molecule has 0 bridgehead atoms. The van der Waals surface area contributed by atoms with Crippen molar-refractivity contribution in [2.45, 2.75) is 0 Å². The van der Waals surface area contributed by atoms with Gasteiger partial charge in [0.1, 0.15) is 5.69 Å². The maximum absolute atomic E-state index is 12.5. The van der Waals surface area contributed by atoms with Crippen LogP contribution in [0.2, 0.25) is 0 Å². The highest BCUT2D eigenvalue weighted by atomic mass is 16.7. The Morgan fingerprint density at radius 1 is 0.897 bits per heavy atom. The van der Waals surface area contributed by atoms with Crippen LogP contribution in [-0.2, 0) is 0 Å². The summed E-state index contributed by atoms with van der Waals surface area (Å²) < 4.78 is 21.1. The number of rotatable bonds is 6. The Morgan fingerprint density at radius 3 is 2.41 bits per heavy atom. The van der Waals surface area contributed by atoms with E-state index < -0.39 is 0 Å². The number of carbonyl (C=O) groups excluding carboxylic acids is 1. The number of amides is 1. The molecule has 29 heavy (non-hydrogen) atoms. The van der Waals surface area contributed by atoms with Gasteiger partial charge in [-0.1, -0.05) is 0 Å². The van der Waals surface area contributed by atoms with Gasteiger partial charge in [0.2, 0.25) is 6.79 Å². The van der Waals surface area contributed by atoms with Gasteiger partial charge >= 0.3 is 0 Å². The SMILES string of the molecule is COc1ccc(NC(=O)c2ccc(Nc3ccc4c(c3)OCO4)cn2)cc1OC. The smallest absolute Gasteiger partial charge is 0.274 e. The lowest BCUT2D eigenvalue weighted by molar-refractivity contribution is 0.102. The molecule has 3 aromatic rings. The van der Waals surface area contributed by atoms with Crippen molar-refractivity contribution in [3.8, 4) is 23.0 Å². The van der Waals surface area contributed by atoms with Crippen LogP contribution < -0.4 is 29.6 Å². The molecule has 0 aliphatic carbocycles. The fourth-order valence-corrected chi connectivity index (χ4v) is 2.85. The fraction of sp³-hybridized carbons (Fsp3) is 0.143. The summed E-state index contributed by atoms with van der Waals surface area (Å²) in [7, 11) is 3.09. The topological polar surface area (TPSA) is 90.9 Å². The third-order valence-corrected chi connectivity index (χ3v) is 4.30. The molecule has 0 spiro atoms. The number of fused-ring (bicyclic) bond motifs is 1. The highest BCUT2D eigenvalue weighted by molar-refractivity contribution is 6.03. The van der Waals surface area contributed by atoms with Crippen molar-refractivity contribution >= 4 is 23.0 Å². The summed E-state index contributed by atoms with van der Waals surface area (Å²) in [5.41, 5.74) is 2.44. The maximum Gasteiger partial charge on any atom is 0.274 e. The second-order valence-corrected chi connectivity index (χ2v) is 6.15. The van der Waals surface area contributed by atoms with Crippen molar-refractivity contribution in [2.75, 3.05) is 31.6 Å². The number of hydrogen-bond acceptors (Lipinski definition) is 7. The Balaban J connectivity index is 1.43. The second-order valence-electron chi connectivity index (χ2n) is 6.15. The first-order chi connectivity index (χ1) is 14.2. The van der Waals surface area contributed by atoms with E-state index in [9.17, 15) is 4.79 Å². The van der Waals surface area contributed by atoms with E-state index in [2.05, 4.69) is 15.6 Å². The van der Waals surface area contributed by atoms with E-state index in [0.717, 1.165) is 17.1 Å². The minimum Gasteiger partial charge on any atom is -0.493 e. The minimum atomic E-state index is -0.327. The van der Waals surface area contributed by atoms with E-state index >= 15 is 0 Å². The van der Waals surface area contributed by atoms with E-state index in [1.54, 1.807) is 43.6 Å². The Bertz CT molecular complexity index is 1040. The second kappa shape index (κ2) is 7.97. The molecular formula is C21H19N3O5. The molecule has 0 fully saturated rings. The molecule has 8 heteroatoms. The van der Waals surface area contributed by atoms with E-state index in [4.69, 9.17) is 18.9 Å². The number of methoxy groups -OCH3 is 2. The van der Waals surface area contributed by atoms with Crippen LogP contribution >= 0.6 is 0 Å². The molecule has 0 unspecified atom stereocenters. The fourth-order valence-electron chi connectivity index (χ4n) is 2.85. The highest BCUT2D eigenvalue weighted by Gasteiger charge is 2.14. The Labute approximate surface area is 167 Å². The van der Waals surface area contributed by atoms with Crippen molar-refractivity contribution < 1.29 is 23.7 Å². The predicted octanol–water partition coefficient (Wildman–Crippen LogP) is 3.82. The summed E-state index contributed by atoms with van der Waals surface area (Å²) in [5.74, 6) is 2.20. The van der Waals surface area contributed by atoms with Gasteiger partial charge < -0.3 is 29.6 Å². The first-order valence-electron chi connectivity index (χ1n) is 8.82. The summed E-state index contributed by atoms with van der Waals surface area (Å²) >= 11 is 0. The van der Waals surface area contributed by atoms with Crippen molar-refractivity contribution in [2.24, 2.45) is 0 Å². The van der Waals surface area contributed by atoms with Gasteiger partial charge in [-0.15, -0.1) is 0 Å². The van der Waals surface area contributed by atoms with Gasteiger partial charge in [-0.05, 0) is 36.4 Å². The van der Waals surface area contributed by atoms with Crippen molar-refractivity contribution in [3.05, 3.63) is 60.4 Å². The van der Waals surface area contributed by atoms with Gasteiger partial charge in [0.05, 0.1) is 26.1 Å². The highest BCUT2D eigenvalue weighted by Crippen LogP contribution is 2.35. The number of pyridine rings is 1. The van der Waals surface area contributed by atoms with E-state index in [1.165, 1.54) is 7.11 Å². The zero-order chi connectivity index (χ0) is 20.2.